The number of Topliss-reactive ketones (excluding diaryl/α,β-unsaturated/α-hetero) is 1. The number of carbonyl (C=O) groups excluding carboxylic acids is 2. The number of aldehydes is 1. The second-order valence-electron chi connectivity index (χ2n) is 5.44. The summed E-state index contributed by atoms with van der Waals surface area (Å²) >= 11 is 0. The van der Waals surface area contributed by atoms with Crippen molar-refractivity contribution in [1.29, 1.82) is 0 Å². The number of allylic oxidation sites excluding steroid dienone is 1. The quantitative estimate of drug-likeness (QED) is 0.595. The second-order valence-corrected chi connectivity index (χ2v) is 5.44. The molecule has 19 heavy (non-hydrogen) atoms. The van der Waals surface area contributed by atoms with E-state index in [2.05, 4.69) is 18.7 Å². The van der Waals surface area contributed by atoms with Crippen LogP contribution in [-0.2, 0) is 9.59 Å². The molecular formula is C17H20O2. The molecule has 1 aliphatic rings. The lowest BCUT2D eigenvalue weighted by Gasteiger charge is -2.32. The van der Waals surface area contributed by atoms with Gasteiger partial charge in [-0.25, -0.2) is 0 Å². The molecule has 1 fully saturated rings. The Kier molecular flexibility index (Phi) is 3.98. The first kappa shape index (κ1) is 13.7. The molecule has 100 valence electrons. The van der Waals surface area contributed by atoms with Crippen LogP contribution < -0.4 is 0 Å². The number of benzene rings is 1. The summed E-state index contributed by atoms with van der Waals surface area (Å²) in [4.78, 5) is 22.9. The van der Waals surface area contributed by atoms with E-state index in [4.69, 9.17) is 0 Å². The number of carbonyl (C=O) groups is 2. The zero-order valence-electron chi connectivity index (χ0n) is 11.4. The highest BCUT2D eigenvalue weighted by atomic mass is 16.1. The Balaban J connectivity index is 2.31. The van der Waals surface area contributed by atoms with Crippen LogP contribution in [0.4, 0.5) is 0 Å². The van der Waals surface area contributed by atoms with Crippen molar-refractivity contribution < 1.29 is 9.59 Å². The molecule has 0 amide bonds. The lowest BCUT2D eigenvalue weighted by Crippen LogP contribution is -2.30. The molecule has 0 heterocycles. The SMILES string of the molecule is C=C(CCC=O)C1(C)C(=O)CC[C@@H]1c1ccccc1. The molecule has 2 nitrogen and oxygen atoms in total. The molecule has 0 bridgehead atoms. The van der Waals surface area contributed by atoms with E-state index < -0.39 is 5.41 Å². The highest BCUT2D eigenvalue weighted by Gasteiger charge is 2.47. The summed E-state index contributed by atoms with van der Waals surface area (Å²) in [6, 6.07) is 10.2. The normalized spacial score (nSPS) is 26.4. The Morgan fingerprint density at radius 2 is 2.11 bits per heavy atom. The van der Waals surface area contributed by atoms with E-state index in [1.165, 1.54) is 5.56 Å². The lowest BCUT2D eigenvalue weighted by molar-refractivity contribution is -0.124. The maximum absolute atomic E-state index is 12.3. The van der Waals surface area contributed by atoms with Gasteiger partial charge in [0.1, 0.15) is 12.1 Å². The highest BCUT2D eigenvalue weighted by Crippen LogP contribution is 2.51. The summed E-state index contributed by atoms with van der Waals surface area (Å²) < 4.78 is 0. The average molecular weight is 256 g/mol. The molecule has 0 aliphatic heterocycles. The first-order valence-electron chi connectivity index (χ1n) is 6.81. The molecule has 0 saturated heterocycles. The van der Waals surface area contributed by atoms with E-state index in [0.717, 1.165) is 18.3 Å². The fraction of sp³-hybridized carbons (Fsp3) is 0.412. The van der Waals surface area contributed by atoms with Crippen LogP contribution in [0.25, 0.3) is 0 Å². The largest absolute Gasteiger partial charge is 0.303 e. The molecule has 2 rings (SSSR count). The Bertz CT molecular complexity index is 489. The van der Waals surface area contributed by atoms with Crippen LogP contribution in [0.3, 0.4) is 0 Å². The van der Waals surface area contributed by atoms with Gasteiger partial charge in [0.25, 0.3) is 0 Å². The van der Waals surface area contributed by atoms with Gasteiger partial charge < -0.3 is 4.79 Å². The summed E-state index contributed by atoms with van der Waals surface area (Å²) in [5.74, 6) is 0.456. The van der Waals surface area contributed by atoms with E-state index >= 15 is 0 Å². The van der Waals surface area contributed by atoms with Crippen LogP contribution >= 0.6 is 0 Å². The second kappa shape index (κ2) is 5.52. The van der Waals surface area contributed by atoms with Gasteiger partial charge in [-0.3, -0.25) is 4.79 Å². The summed E-state index contributed by atoms with van der Waals surface area (Å²) in [7, 11) is 0. The number of rotatable bonds is 5. The molecule has 0 N–H and O–H groups in total. The van der Waals surface area contributed by atoms with Crippen LogP contribution in [0.2, 0.25) is 0 Å². The van der Waals surface area contributed by atoms with Gasteiger partial charge in [-0.2, -0.15) is 0 Å². The Morgan fingerprint density at radius 3 is 2.74 bits per heavy atom. The molecule has 1 aromatic carbocycles. The molecule has 2 atom stereocenters. The van der Waals surface area contributed by atoms with Gasteiger partial charge in [-0.15, -0.1) is 0 Å². The van der Waals surface area contributed by atoms with Gasteiger partial charge in [0.05, 0.1) is 5.41 Å². The summed E-state index contributed by atoms with van der Waals surface area (Å²) in [5, 5.41) is 0. The Morgan fingerprint density at radius 1 is 1.42 bits per heavy atom. The third kappa shape index (κ3) is 2.40. The predicted molar refractivity (Wildman–Crippen MR) is 76.0 cm³/mol. The van der Waals surface area contributed by atoms with E-state index in [9.17, 15) is 9.59 Å². The number of hydrogen-bond acceptors (Lipinski definition) is 2. The predicted octanol–water partition coefficient (Wildman–Crippen LogP) is 3.67. The van der Waals surface area contributed by atoms with E-state index in [1.54, 1.807) is 0 Å². The third-order valence-electron chi connectivity index (χ3n) is 4.44. The maximum Gasteiger partial charge on any atom is 0.143 e. The van der Waals surface area contributed by atoms with Gasteiger partial charge in [-0.05, 0) is 25.3 Å². The zero-order valence-corrected chi connectivity index (χ0v) is 11.4. The standard InChI is InChI=1S/C17H20O2/c1-13(7-6-12-18)17(2)15(10-11-16(17)19)14-8-4-3-5-9-14/h3-5,8-9,12,15H,1,6-7,10-11H2,2H3/t15-,17?/m1/s1. The minimum absolute atomic E-state index is 0.195. The van der Waals surface area contributed by atoms with Crippen molar-refractivity contribution in [2.24, 2.45) is 5.41 Å². The van der Waals surface area contributed by atoms with Gasteiger partial charge in [0, 0.05) is 18.8 Å². The fourth-order valence-electron chi connectivity index (χ4n) is 3.14. The van der Waals surface area contributed by atoms with Gasteiger partial charge in [0.2, 0.25) is 0 Å². The molecule has 1 aliphatic carbocycles. The Hall–Kier alpha value is -1.70. The lowest BCUT2D eigenvalue weighted by atomic mass is 9.69. The van der Waals surface area contributed by atoms with Gasteiger partial charge in [-0.1, -0.05) is 42.5 Å². The van der Waals surface area contributed by atoms with Crippen LogP contribution in [0, 0.1) is 5.41 Å². The van der Waals surface area contributed by atoms with Crippen molar-refractivity contribution in [2.75, 3.05) is 0 Å². The van der Waals surface area contributed by atoms with Crippen LogP contribution in [0.1, 0.15) is 44.1 Å². The average Bonchev–Trinajstić information content (AvgIpc) is 2.74. The van der Waals surface area contributed by atoms with Crippen molar-refractivity contribution in [2.45, 2.75) is 38.5 Å². The minimum atomic E-state index is -0.510. The van der Waals surface area contributed by atoms with Crippen molar-refractivity contribution in [1.82, 2.24) is 0 Å². The van der Waals surface area contributed by atoms with Gasteiger partial charge >= 0.3 is 0 Å². The smallest absolute Gasteiger partial charge is 0.143 e. The summed E-state index contributed by atoms with van der Waals surface area (Å²) in [6.45, 7) is 6.09. The summed E-state index contributed by atoms with van der Waals surface area (Å²) in [6.07, 6.45) is 3.43. The molecule has 0 aromatic heterocycles. The first-order valence-corrected chi connectivity index (χ1v) is 6.81. The van der Waals surface area contributed by atoms with Crippen molar-refractivity contribution >= 4 is 12.1 Å². The number of ketones is 1. The minimum Gasteiger partial charge on any atom is -0.303 e. The molecule has 2 heteroatoms. The maximum atomic E-state index is 12.3. The highest BCUT2D eigenvalue weighted by molar-refractivity contribution is 5.91. The van der Waals surface area contributed by atoms with Crippen molar-refractivity contribution in [3.05, 3.63) is 48.0 Å². The molecule has 0 spiro atoms. The number of hydrogen-bond donors (Lipinski definition) is 0. The third-order valence-corrected chi connectivity index (χ3v) is 4.44. The molecule has 0 radical (unpaired) electrons. The topological polar surface area (TPSA) is 34.1 Å². The van der Waals surface area contributed by atoms with E-state index in [-0.39, 0.29) is 11.7 Å². The molecule has 1 aromatic rings. The van der Waals surface area contributed by atoms with E-state index in [1.807, 2.05) is 25.1 Å². The van der Waals surface area contributed by atoms with E-state index in [0.29, 0.717) is 19.3 Å². The van der Waals surface area contributed by atoms with Gasteiger partial charge in [0.15, 0.2) is 0 Å². The van der Waals surface area contributed by atoms with Crippen molar-refractivity contribution in [3.8, 4) is 0 Å². The van der Waals surface area contributed by atoms with Crippen molar-refractivity contribution in [3.63, 3.8) is 0 Å². The Labute approximate surface area is 114 Å². The molecule has 1 unspecified atom stereocenters. The monoisotopic (exact) mass is 256 g/mol. The summed E-state index contributed by atoms with van der Waals surface area (Å²) in [5.41, 5.74) is 1.59. The first-order chi connectivity index (χ1) is 9.10. The zero-order chi connectivity index (χ0) is 13.9. The fourth-order valence-corrected chi connectivity index (χ4v) is 3.14. The van der Waals surface area contributed by atoms with Crippen LogP contribution in [0.15, 0.2) is 42.5 Å². The van der Waals surface area contributed by atoms with Crippen LogP contribution in [-0.4, -0.2) is 12.1 Å². The van der Waals surface area contributed by atoms with Crippen LogP contribution in [0.5, 0.6) is 0 Å². The molecular weight excluding hydrogens is 236 g/mol. The molecule has 1 saturated carbocycles.